The molecule has 1 aliphatic rings. The highest BCUT2D eigenvalue weighted by Crippen LogP contribution is 2.33. The van der Waals surface area contributed by atoms with Crippen molar-refractivity contribution in [3.05, 3.63) is 17.1 Å². The van der Waals surface area contributed by atoms with Crippen molar-refractivity contribution >= 4 is 29.1 Å². The Balaban J connectivity index is 1.96. The number of carboxylic acid groups (broad SMARTS) is 1. The quantitative estimate of drug-likeness (QED) is 0.884. The molecule has 19 heavy (non-hydrogen) atoms. The number of aromatic carboxylic acids is 1. The van der Waals surface area contributed by atoms with E-state index in [1.165, 1.54) is 11.3 Å². The molecule has 1 amide bonds. The number of hydrogen-bond acceptors (Lipinski definition) is 6. The fourth-order valence-corrected chi connectivity index (χ4v) is 2.24. The molecule has 0 bridgehead atoms. The van der Waals surface area contributed by atoms with Crippen LogP contribution in [0.25, 0.3) is 10.7 Å². The van der Waals surface area contributed by atoms with Crippen LogP contribution in [0.4, 0.5) is 5.88 Å². The third kappa shape index (κ3) is 2.22. The molecular weight excluding hydrogens is 270 g/mol. The maximum atomic E-state index is 11.6. The van der Waals surface area contributed by atoms with Gasteiger partial charge in [0.25, 0.3) is 0 Å². The minimum atomic E-state index is -1.21. The predicted octanol–water partition coefficient (Wildman–Crippen LogP) is 1.84. The number of rotatable bonds is 4. The van der Waals surface area contributed by atoms with E-state index >= 15 is 0 Å². The molecule has 2 heterocycles. The first-order chi connectivity index (χ1) is 9.16. The van der Waals surface area contributed by atoms with Crippen LogP contribution in [0.2, 0.25) is 0 Å². The van der Waals surface area contributed by atoms with Crippen molar-refractivity contribution in [1.82, 2.24) is 10.1 Å². The maximum Gasteiger partial charge on any atom is 0.343 e. The lowest BCUT2D eigenvalue weighted by atomic mass is 10.2. The van der Waals surface area contributed by atoms with Gasteiger partial charge in [0.2, 0.25) is 11.8 Å². The van der Waals surface area contributed by atoms with Crippen molar-refractivity contribution in [3.63, 3.8) is 0 Å². The summed E-state index contributed by atoms with van der Waals surface area (Å²) in [6.45, 7) is 0. The van der Waals surface area contributed by atoms with Gasteiger partial charge in [0, 0.05) is 17.5 Å². The number of thiazole rings is 1. The molecule has 2 aromatic rings. The van der Waals surface area contributed by atoms with Gasteiger partial charge in [-0.25, -0.2) is 9.78 Å². The molecule has 1 aliphatic carbocycles. The molecule has 0 atom stereocenters. The molecule has 2 N–H and O–H groups in total. The second-order valence-electron chi connectivity index (χ2n) is 4.14. The van der Waals surface area contributed by atoms with Crippen molar-refractivity contribution in [3.8, 4) is 10.7 Å². The number of nitrogens with zero attached hydrogens (tertiary/aromatic N) is 2. The summed E-state index contributed by atoms with van der Waals surface area (Å²) < 4.78 is 4.93. The van der Waals surface area contributed by atoms with Crippen molar-refractivity contribution in [2.24, 2.45) is 5.92 Å². The van der Waals surface area contributed by atoms with Crippen LogP contribution < -0.4 is 5.32 Å². The standard InChI is InChI=1S/C11H9N3O4S/c15-8(5-1-2-5)13-9-6(11(16)17)7(14-18-9)10-12-3-4-19-10/h3-5H,1-2H2,(H,13,15)(H,16,17). The molecule has 0 spiro atoms. The van der Waals surface area contributed by atoms with E-state index in [9.17, 15) is 14.7 Å². The Hall–Kier alpha value is -2.22. The largest absolute Gasteiger partial charge is 0.477 e. The van der Waals surface area contributed by atoms with E-state index in [4.69, 9.17) is 4.52 Å². The monoisotopic (exact) mass is 279 g/mol. The van der Waals surface area contributed by atoms with Gasteiger partial charge in [-0.15, -0.1) is 11.3 Å². The van der Waals surface area contributed by atoms with Crippen LogP contribution in [0, 0.1) is 5.92 Å². The highest BCUT2D eigenvalue weighted by molar-refractivity contribution is 7.13. The Labute approximate surface area is 111 Å². The molecule has 8 heteroatoms. The van der Waals surface area contributed by atoms with Crippen LogP contribution in [0.5, 0.6) is 0 Å². The fourth-order valence-electron chi connectivity index (χ4n) is 1.62. The molecular formula is C11H9N3O4S. The van der Waals surface area contributed by atoms with Gasteiger partial charge in [0.1, 0.15) is 5.01 Å². The molecule has 0 aromatic carbocycles. The van der Waals surface area contributed by atoms with Gasteiger partial charge >= 0.3 is 5.97 Å². The summed E-state index contributed by atoms with van der Waals surface area (Å²) in [6.07, 6.45) is 3.19. The van der Waals surface area contributed by atoms with Crippen molar-refractivity contribution < 1.29 is 19.2 Å². The topological polar surface area (TPSA) is 105 Å². The van der Waals surface area contributed by atoms with Gasteiger partial charge in [-0.3, -0.25) is 10.1 Å². The Morgan fingerprint density at radius 2 is 2.26 bits per heavy atom. The van der Waals surface area contributed by atoms with E-state index in [0.717, 1.165) is 12.8 Å². The molecule has 0 aliphatic heterocycles. The number of carbonyl (C=O) groups excluding carboxylic acids is 1. The molecule has 1 saturated carbocycles. The van der Waals surface area contributed by atoms with E-state index < -0.39 is 5.97 Å². The van der Waals surface area contributed by atoms with Gasteiger partial charge < -0.3 is 9.63 Å². The summed E-state index contributed by atoms with van der Waals surface area (Å²) in [7, 11) is 0. The Bertz CT molecular complexity index is 630. The molecule has 0 unspecified atom stereocenters. The molecule has 7 nitrogen and oxygen atoms in total. The average Bonchev–Trinajstić information content (AvgIpc) is 2.92. The second kappa shape index (κ2) is 4.47. The zero-order chi connectivity index (χ0) is 13.4. The summed E-state index contributed by atoms with van der Waals surface area (Å²) in [4.78, 5) is 26.9. The van der Waals surface area contributed by atoms with Crippen LogP contribution in [0.3, 0.4) is 0 Å². The Morgan fingerprint density at radius 1 is 1.47 bits per heavy atom. The van der Waals surface area contributed by atoms with Gasteiger partial charge in [-0.1, -0.05) is 5.16 Å². The van der Waals surface area contributed by atoms with Crippen LogP contribution in [-0.4, -0.2) is 27.1 Å². The van der Waals surface area contributed by atoms with E-state index in [1.54, 1.807) is 11.6 Å². The first-order valence-electron chi connectivity index (χ1n) is 5.60. The van der Waals surface area contributed by atoms with Crippen molar-refractivity contribution in [2.45, 2.75) is 12.8 Å². The van der Waals surface area contributed by atoms with E-state index in [0.29, 0.717) is 5.01 Å². The smallest absolute Gasteiger partial charge is 0.343 e. The second-order valence-corrected chi connectivity index (χ2v) is 5.04. The molecule has 2 aromatic heterocycles. The number of carboxylic acids is 1. The normalized spacial score (nSPS) is 14.3. The predicted molar refractivity (Wildman–Crippen MR) is 65.9 cm³/mol. The molecule has 3 rings (SSSR count). The Kier molecular flexibility index (Phi) is 2.79. The third-order valence-corrected chi connectivity index (χ3v) is 3.51. The fraction of sp³-hybridized carbons (Fsp3) is 0.273. The summed E-state index contributed by atoms with van der Waals surface area (Å²) >= 11 is 1.25. The van der Waals surface area contributed by atoms with Crippen LogP contribution in [-0.2, 0) is 4.79 Å². The first-order valence-corrected chi connectivity index (χ1v) is 6.48. The lowest BCUT2D eigenvalue weighted by Crippen LogP contribution is -2.15. The number of anilines is 1. The molecule has 0 saturated heterocycles. The van der Waals surface area contributed by atoms with Crippen molar-refractivity contribution in [1.29, 1.82) is 0 Å². The highest BCUT2D eigenvalue weighted by atomic mass is 32.1. The number of aromatic nitrogens is 2. The number of carbonyl (C=O) groups is 2. The van der Waals surface area contributed by atoms with Gasteiger partial charge in [-0.2, -0.15) is 0 Å². The number of hydrogen-bond donors (Lipinski definition) is 2. The highest BCUT2D eigenvalue weighted by Gasteiger charge is 2.33. The van der Waals surface area contributed by atoms with Crippen LogP contribution in [0.15, 0.2) is 16.1 Å². The lowest BCUT2D eigenvalue weighted by molar-refractivity contribution is -0.117. The van der Waals surface area contributed by atoms with Gasteiger partial charge in [0.15, 0.2) is 11.3 Å². The van der Waals surface area contributed by atoms with Gasteiger partial charge in [0.05, 0.1) is 0 Å². The van der Waals surface area contributed by atoms with E-state index in [1.807, 2.05) is 0 Å². The minimum Gasteiger partial charge on any atom is -0.477 e. The van der Waals surface area contributed by atoms with E-state index in [2.05, 4.69) is 15.5 Å². The van der Waals surface area contributed by atoms with Crippen LogP contribution in [0.1, 0.15) is 23.2 Å². The summed E-state index contributed by atoms with van der Waals surface area (Å²) in [5.41, 5.74) is -0.0300. The average molecular weight is 279 g/mol. The summed E-state index contributed by atoms with van der Waals surface area (Å²) in [5, 5.41) is 17.5. The number of amides is 1. The van der Waals surface area contributed by atoms with E-state index in [-0.39, 0.29) is 29.0 Å². The lowest BCUT2D eigenvalue weighted by Gasteiger charge is -2.00. The zero-order valence-electron chi connectivity index (χ0n) is 9.62. The third-order valence-electron chi connectivity index (χ3n) is 2.73. The SMILES string of the molecule is O=C(O)c1c(-c2nccs2)noc1NC(=O)C1CC1. The number of nitrogens with one attached hydrogen (secondary N) is 1. The van der Waals surface area contributed by atoms with Crippen LogP contribution >= 0.6 is 11.3 Å². The summed E-state index contributed by atoms with van der Waals surface area (Å²) in [6, 6.07) is 0. The molecule has 0 radical (unpaired) electrons. The molecule has 1 fully saturated rings. The van der Waals surface area contributed by atoms with Crippen molar-refractivity contribution in [2.75, 3.05) is 5.32 Å². The maximum absolute atomic E-state index is 11.6. The van der Waals surface area contributed by atoms with Gasteiger partial charge in [-0.05, 0) is 12.8 Å². The minimum absolute atomic E-state index is 0.0462. The zero-order valence-corrected chi connectivity index (χ0v) is 10.4. The summed E-state index contributed by atoms with van der Waals surface area (Å²) in [5.74, 6) is -1.62. The first kappa shape index (κ1) is 11.8. The Morgan fingerprint density at radius 3 is 2.84 bits per heavy atom. The molecule has 98 valence electrons.